The van der Waals surface area contributed by atoms with E-state index in [1.807, 2.05) is 30.7 Å². The van der Waals surface area contributed by atoms with Crippen LogP contribution in [0.3, 0.4) is 0 Å². The highest BCUT2D eigenvalue weighted by atomic mass is 35.5. The van der Waals surface area contributed by atoms with Crippen LogP contribution in [0.4, 0.5) is 5.69 Å². The molecule has 0 saturated carbocycles. The first kappa shape index (κ1) is 17.5. The number of halogens is 2. The second kappa shape index (κ2) is 6.90. The predicted molar refractivity (Wildman–Crippen MR) is 98.4 cm³/mol. The molecule has 0 aliphatic rings. The van der Waals surface area contributed by atoms with Crippen molar-refractivity contribution in [1.29, 1.82) is 0 Å². The minimum atomic E-state index is -0.263. The van der Waals surface area contributed by atoms with Gasteiger partial charge in [-0.15, -0.1) is 0 Å². The second-order valence-corrected chi connectivity index (χ2v) is 6.60. The lowest BCUT2D eigenvalue weighted by atomic mass is 10.2. The molecule has 0 aliphatic heterocycles. The third kappa shape index (κ3) is 3.70. The molecule has 1 N–H and O–H groups in total. The molecule has 2 aromatic heterocycles. The lowest BCUT2D eigenvalue weighted by molar-refractivity contribution is 0.102. The molecule has 6 nitrogen and oxygen atoms in total. The number of carbonyl (C=O) groups is 1. The number of nitrogens with zero attached hydrogens (tertiary/aromatic N) is 4. The van der Waals surface area contributed by atoms with Gasteiger partial charge in [0.25, 0.3) is 5.91 Å². The van der Waals surface area contributed by atoms with E-state index in [-0.39, 0.29) is 5.91 Å². The van der Waals surface area contributed by atoms with Crippen LogP contribution in [0.15, 0.2) is 30.5 Å². The van der Waals surface area contributed by atoms with Crippen molar-refractivity contribution in [1.82, 2.24) is 19.6 Å². The number of hydrogen-bond donors (Lipinski definition) is 1. The van der Waals surface area contributed by atoms with Gasteiger partial charge in [0.15, 0.2) is 5.69 Å². The van der Waals surface area contributed by atoms with Gasteiger partial charge in [-0.1, -0.05) is 29.3 Å². The molecule has 1 amide bonds. The Morgan fingerprint density at radius 3 is 2.56 bits per heavy atom. The van der Waals surface area contributed by atoms with Crippen molar-refractivity contribution in [3.63, 3.8) is 0 Å². The quantitative estimate of drug-likeness (QED) is 0.750. The number of amides is 1. The van der Waals surface area contributed by atoms with Crippen LogP contribution in [-0.4, -0.2) is 25.5 Å². The number of benzene rings is 1. The van der Waals surface area contributed by atoms with Gasteiger partial charge >= 0.3 is 0 Å². The van der Waals surface area contributed by atoms with E-state index in [4.69, 9.17) is 23.2 Å². The zero-order chi connectivity index (χ0) is 18.1. The SMILES string of the molecule is Cc1nn(Cc2ccc(Cl)c(Cl)c2)c(C)c1NC(=O)c1ccn(C)n1. The van der Waals surface area contributed by atoms with Gasteiger partial charge < -0.3 is 5.32 Å². The Hall–Kier alpha value is -2.31. The van der Waals surface area contributed by atoms with Crippen LogP contribution in [0.5, 0.6) is 0 Å². The van der Waals surface area contributed by atoms with Gasteiger partial charge in [0.1, 0.15) is 0 Å². The van der Waals surface area contributed by atoms with E-state index in [2.05, 4.69) is 15.5 Å². The average molecular weight is 378 g/mol. The van der Waals surface area contributed by atoms with Crippen molar-refractivity contribution in [2.75, 3.05) is 5.32 Å². The monoisotopic (exact) mass is 377 g/mol. The number of hydrogen-bond acceptors (Lipinski definition) is 3. The van der Waals surface area contributed by atoms with Crippen molar-refractivity contribution >= 4 is 34.8 Å². The summed E-state index contributed by atoms with van der Waals surface area (Å²) in [5, 5.41) is 12.5. The van der Waals surface area contributed by atoms with Crippen molar-refractivity contribution in [3.05, 3.63) is 63.2 Å². The Balaban J connectivity index is 1.83. The van der Waals surface area contributed by atoms with E-state index in [1.165, 1.54) is 0 Å². The zero-order valence-electron chi connectivity index (χ0n) is 14.0. The maximum atomic E-state index is 12.3. The fourth-order valence-electron chi connectivity index (χ4n) is 2.56. The highest BCUT2D eigenvalue weighted by molar-refractivity contribution is 6.42. The number of aryl methyl sites for hydroxylation is 2. The number of aromatic nitrogens is 4. The largest absolute Gasteiger partial charge is 0.317 e. The summed E-state index contributed by atoms with van der Waals surface area (Å²) in [6.07, 6.45) is 1.72. The number of carbonyl (C=O) groups excluding carboxylic acids is 1. The minimum absolute atomic E-state index is 0.263. The Bertz CT molecular complexity index is 945. The number of rotatable bonds is 4. The number of anilines is 1. The molecule has 0 aliphatic carbocycles. The van der Waals surface area contributed by atoms with Crippen LogP contribution in [0, 0.1) is 13.8 Å². The summed E-state index contributed by atoms with van der Waals surface area (Å²) in [6.45, 7) is 4.29. The lowest BCUT2D eigenvalue weighted by Crippen LogP contribution is -2.14. The molecule has 130 valence electrons. The van der Waals surface area contributed by atoms with E-state index in [0.29, 0.717) is 28.0 Å². The molecule has 1 aromatic carbocycles. The highest BCUT2D eigenvalue weighted by Crippen LogP contribution is 2.25. The van der Waals surface area contributed by atoms with E-state index >= 15 is 0 Å². The maximum Gasteiger partial charge on any atom is 0.276 e. The molecular formula is C17H17Cl2N5O. The predicted octanol–water partition coefficient (Wildman–Crippen LogP) is 3.84. The summed E-state index contributed by atoms with van der Waals surface area (Å²) in [7, 11) is 1.77. The minimum Gasteiger partial charge on any atom is -0.317 e. The molecule has 25 heavy (non-hydrogen) atoms. The van der Waals surface area contributed by atoms with Crippen LogP contribution < -0.4 is 5.32 Å². The van der Waals surface area contributed by atoms with Gasteiger partial charge in [0.05, 0.1) is 33.7 Å². The van der Waals surface area contributed by atoms with Crippen LogP contribution >= 0.6 is 23.2 Å². The Labute approximate surface area is 155 Å². The summed E-state index contributed by atoms with van der Waals surface area (Å²) >= 11 is 12.0. The Morgan fingerprint density at radius 1 is 1.16 bits per heavy atom. The van der Waals surface area contributed by atoms with E-state index in [9.17, 15) is 4.79 Å². The molecule has 0 saturated heterocycles. The molecule has 3 rings (SSSR count). The third-order valence-electron chi connectivity index (χ3n) is 3.88. The van der Waals surface area contributed by atoms with E-state index in [0.717, 1.165) is 17.0 Å². The molecular weight excluding hydrogens is 361 g/mol. The van der Waals surface area contributed by atoms with Crippen LogP contribution in [-0.2, 0) is 13.6 Å². The summed E-state index contributed by atoms with van der Waals surface area (Å²) in [5.41, 5.74) is 3.62. The Kier molecular flexibility index (Phi) is 4.83. The first-order valence-electron chi connectivity index (χ1n) is 7.64. The van der Waals surface area contributed by atoms with Gasteiger partial charge in [-0.3, -0.25) is 14.2 Å². The first-order valence-corrected chi connectivity index (χ1v) is 8.39. The molecule has 0 bridgehead atoms. The fourth-order valence-corrected chi connectivity index (χ4v) is 2.88. The summed E-state index contributed by atoms with van der Waals surface area (Å²) in [5.74, 6) is -0.263. The summed E-state index contributed by atoms with van der Waals surface area (Å²) < 4.78 is 3.41. The van der Waals surface area contributed by atoms with Gasteiger partial charge in [0.2, 0.25) is 0 Å². The van der Waals surface area contributed by atoms with Crippen molar-refractivity contribution in [3.8, 4) is 0 Å². The molecule has 2 heterocycles. The highest BCUT2D eigenvalue weighted by Gasteiger charge is 2.17. The van der Waals surface area contributed by atoms with E-state index < -0.39 is 0 Å². The molecule has 0 fully saturated rings. The molecule has 8 heteroatoms. The van der Waals surface area contributed by atoms with Crippen molar-refractivity contribution < 1.29 is 4.79 Å². The third-order valence-corrected chi connectivity index (χ3v) is 4.62. The molecule has 0 radical (unpaired) electrons. The molecule has 3 aromatic rings. The Morgan fingerprint density at radius 2 is 1.92 bits per heavy atom. The topological polar surface area (TPSA) is 64.7 Å². The average Bonchev–Trinajstić information content (AvgIpc) is 3.10. The number of nitrogens with one attached hydrogen (secondary N) is 1. The standard InChI is InChI=1S/C17H17Cl2N5O/c1-10-16(20-17(25)15-6-7-23(3)22-15)11(2)24(21-10)9-12-4-5-13(18)14(19)8-12/h4-8H,9H2,1-3H3,(H,20,25). The van der Waals surface area contributed by atoms with Crippen molar-refractivity contribution in [2.45, 2.75) is 20.4 Å². The molecule has 0 unspecified atom stereocenters. The van der Waals surface area contributed by atoms with E-state index in [1.54, 1.807) is 30.1 Å². The first-order chi connectivity index (χ1) is 11.8. The zero-order valence-corrected chi connectivity index (χ0v) is 15.6. The maximum absolute atomic E-state index is 12.3. The van der Waals surface area contributed by atoms with Gasteiger partial charge in [-0.2, -0.15) is 10.2 Å². The van der Waals surface area contributed by atoms with Crippen LogP contribution in [0.25, 0.3) is 0 Å². The van der Waals surface area contributed by atoms with Gasteiger partial charge in [0, 0.05) is 13.2 Å². The summed E-state index contributed by atoms with van der Waals surface area (Å²) in [6, 6.07) is 7.14. The van der Waals surface area contributed by atoms with Crippen LogP contribution in [0.1, 0.15) is 27.4 Å². The fraction of sp³-hybridized carbons (Fsp3) is 0.235. The molecule has 0 spiro atoms. The normalized spacial score (nSPS) is 10.9. The second-order valence-electron chi connectivity index (χ2n) is 5.78. The van der Waals surface area contributed by atoms with Gasteiger partial charge in [-0.05, 0) is 37.6 Å². The smallest absolute Gasteiger partial charge is 0.276 e. The van der Waals surface area contributed by atoms with Crippen molar-refractivity contribution in [2.24, 2.45) is 7.05 Å². The van der Waals surface area contributed by atoms with Crippen LogP contribution in [0.2, 0.25) is 10.0 Å². The summed E-state index contributed by atoms with van der Waals surface area (Å²) in [4.78, 5) is 12.3. The lowest BCUT2D eigenvalue weighted by Gasteiger charge is -2.07. The molecule has 0 atom stereocenters. The van der Waals surface area contributed by atoms with Gasteiger partial charge in [-0.25, -0.2) is 0 Å².